The maximum absolute atomic E-state index is 12.0. The van der Waals surface area contributed by atoms with E-state index in [1.54, 1.807) is 19.3 Å². The zero-order valence-corrected chi connectivity index (χ0v) is 15.1. The summed E-state index contributed by atoms with van der Waals surface area (Å²) in [6.45, 7) is 10.2. The first-order valence-electron chi connectivity index (χ1n) is 8.20. The average Bonchev–Trinajstić information content (AvgIpc) is 2.52. The highest BCUT2D eigenvalue weighted by atomic mass is 16.5. The van der Waals surface area contributed by atoms with Gasteiger partial charge in [0.05, 0.1) is 13.2 Å². The van der Waals surface area contributed by atoms with Crippen LogP contribution in [0, 0.1) is 5.92 Å². The van der Waals surface area contributed by atoms with Crippen molar-refractivity contribution in [3.8, 4) is 11.5 Å². The van der Waals surface area contributed by atoms with E-state index < -0.39 is 0 Å². The van der Waals surface area contributed by atoms with Gasteiger partial charge in [-0.05, 0) is 50.5 Å². The van der Waals surface area contributed by atoms with E-state index in [1.807, 2.05) is 39.0 Å². The fraction of sp³-hybridized carbons (Fsp3) is 0.526. The van der Waals surface area contributed by atoms with E-state index in [0.717, 1.165) is 12.0 Å². The van der Waals surface area contributed by atoms with Gasteiger partial charge < -0.3 is 14.8 Å². The Labute approximate surface area is 139 Å². The van der Waals surface area contributed by atoms with E-state index in [-0.39, 0.29) is 18.1 Å². The highest BCUT2D eigenvalue weighted by Gasteiger charge is 2.11. The molecule has 1 aromatic carbocycles. The van der Waals surface area contributed by atoms with E-state index in [0.29, 0.717) is 17.4 Å². The van der Waals surface area contributed by atoms with Gasteiger partial charge in [0.25, 0.3) is 0 Å². The summed E-state index contributed by atoms with van der Waals surface area (Å²) in [7, 11) is 1.61. The first kappa shape index (κ1) is 19.1. The van der Waals surface area contributed by atoms with E-state index in [2.05, 4.69) is 19.2 Å². The molecular weight excluding hydrogens is 290 g/mol. The Morgan fingerprint density at radius 3 is 2.48 bits per heavy atom. The minimum Gasteiger partial charge on any atom is -0.493 e. The Morgan fingerprint density at radius 1 is 1.22 bits per heavy atom. The lowest BCUT2D eigenvalue weighted by molar-refractivity contribution is -0.117. The number of carbonyl (C=O) groups excluding carboxylic acids is 1. The van der Waals surface area contributed by atoms with Crippen molar-refractivity contribution in [3.05, 3.63) is 29.8 Å². The molecule has 0 unspecified atom stereocenters. The van der Waals surface area contributed by atoms with Crippen LogP contribution >= 0.6 is 0 Å². The molecule has 4 nitrogen and oxygen atoms in total. The Morgan fingerprint density at radius 2 is 1.91 bits per heavy atom. The zero-order valence-electron chi connectivity index (χ0n) is 15.1. The molecule has 128 valence electrons. The number of hydrogen-bond acceptors (Lipinski definition) is 3. The molecule has 0 heterocycles. The van der Waals surface area contributed by atoms with Gasteiger partial charge in [-0.15, -0.1) is 0 Å². The smallest absolute Gasteiger partial charge is 0.244 e. The number of hydrogen-bond donors (Lipinski definition) is 1. The minimum atomic E-state index is -0.0840. The maximum atomic E-state index is 12.0. The van der Waals surface area contributed by atoms with Crippen molar-refractivity contribution in [2.45, 2.75) is 53.2 Å². The molecular formula is C19H29NO3. The summed E-state index contributed by atoms with van der Waals surface area (Å²) in [6, 6.07) is 5.79. The molecule has 0 spiro atoms. The third-order valence-electron chi connectivity index (χ3n) is 3.84. The van der Waals surface area contributed by atoms with Gasteiger partial charge in [-0.3, -0.25) is 4.79 Å². The van der Waals surface area contributed by atoms with Gasteiger partial charge in [-0.25, -0.2) is 0 Å². The molecule has 0 saturated carbocycles. The lowest BCUT2D eigenvalue weighted by atomic mass is 10.0. The zero-order chi connectivity index (χ0) is 17.4. The SMILES string of the molecule is CC[C@H](C)[C@H](C)NC(=O)/C=C\c1ccc(OC(C)C)c(OC)c1. The normalized spacial score (nSPS) is 13.9. The Kier molecular flexibility index (Phi) is 7.66. The molecule has 0 aliphatic carbocycles. The molecule has 1 amide bonds. The number of ether oxygens (including phenoxy) is 2. The predicted octanol–water partition coefficient (Wildman–Crippen LogP) is 4.05. The van der Waals surface area contributed by atoms with Crippen molar-refractivity contribution < 1.29 is 14.3 Å². The van der Waals surface area contributed by atoms with Crippen molar-refractivity contribution in [3.63, 3.8) is 0 Å². The first-order valence-corrected chi connectivity index (χ1v) is 8.20. The highest BCUT2D eigenvalue weighted by Crippen LogP contribution is 2.29. The lowest BCUT2D eigenvalue weighted by Crippen LogP contribution is -2.35. The first-order chi connectivity index (χ1) is 10.9. The summed E-state index contributed by atoms with van der Waals surface area (Å²) in [5.74, 6) is 1.74. The van der Waals surface area contributed by atoms with Crippen molar-refractivity contribution in [2.75, 3.05) is 7.11 Å². The molecule has 0 fully saturated rings. The van der Waals surface area contributed by atoms with Gasteiger partial charge in [-0.1, -0.05) is 26.3 Å². The van der Waals surface area contributed by atoms with Crippen LogP contribution in [-0.4, -0.2) is 25.2 Å². The summed E-state index contributed by atoms with van der Waals surface area (Å²) in [5, 5.41) is 2.99. The number of rotatable bonds is 8. The van der Waals surface area contributed by atoms with Crippen LogP contribution < -0.4 is 14.8 Å². The van der Waals surface area contributed by atoms with Crippen molar-refractivity contribution in [1.29, 1.82) is 0 Å². The number of carbonyl (C=O) groups is 1. The summed E-state index contributed by atoms with van der Waals surface area (Å²) < 4.78 is 11.0. The van der Waals surface area contributed by atoms with Crippen LogP contribution in [0.2, 0.25) is 0 Å². The van der Waals surface area contributed by atoms with E-state index in [1.165, 1.54) is 0 Å². The Balaban J connectivity index is 2.74. The molecule has 4 heteroatoms. The summed E-state index contributed by atoms with van der Waals surface area (Å²) >= 11 is 0. The van der Waals surface area contributed by atoms with Crippen LogP contribution in [0.4, 0.5) is 0 Å². The quantitative estimate of drug-likeness (QED) is 0.735. The molecule has 1 rings (SSSR count). The van der Waals surface area contributed by atoms with Gasteiger partial charge in [0.15, 0.2) is 11.5 Å². The second-order valence-corrected chi connectivity index (χ2v) is 6.09. The third kappa shape index (κ3) is 6.35. The summed E-state index contributed by atoms with van der Waals surface area (Å²) in [6.07, 6.45) is 4.45. The van der Waals surface area contributed by atoms with Crippen LogP contribution in [0.15, 0.2) is 24.3 Å². The Hall–Kier alpha value is -1.97. The molecule has 1 aromatic rings. The fourth-order valence-electron chi connectivity index (χ4n) is 2.08. The third-order valence-corrected chi connectivity index (χ3v) is 3.84. The van der Waals surface area contributed by atoms with Crippen LogP contribution in [-0.2, 0) is 4.79 Å². The average molecular weight is 319 g/mol. The van der Waals surface area contributed by atoms with Crippen molar-refractivity contribution in [2.24, 2.45) is 5.92 Å². The molecule has 0 aliphatic rings. The monoisotopic (exact) mass is 319 g/mol. The molecule has 0 radical (unpaired) electrons. The van der Waals surface area contributed by atoms with Crippen LogP contribution in [0.5, 0.6) is 11.5 Å². The molecule has 0 bridgehead atoms. The van der Waals surface area contributed by atoms with Crippen molar-refractivity contribution in [1.82, 2.24) is 5.32 Å². The van der Waals surface area contributed by atoms with Crippen molar-refractivity contribution >= 4 is 12.0 Å². The molecule has 1 N–H and O–H groups in total. The van der Waals surface area contributed by atoms with Gasteiger partial charge in [0, 0.05) is 12.1 Å². The summed E-state index contributed by atoms with van der Waals surface area (Å²) in [4.78, 5) is 12.0. The molecule has 0 aromatic heterocycles. The topological polar surface area (TPSA) is 47.6 Å². The fourth-order valence-corrected chi connectivity index (χ4v) is 2.08. The number of nitrogens with one attached hydrogen (secondary N) is 1. The number of methoxy groups -OCH3 is 1. The standard InChI is InChI=1S/C19H29NO3/c1-7-14(4)15(5)20-19(21)11-9-16-8-10-17(23-13(2)3)18(12-16)22-6/h8-15H,7H2,1-6H3,(H,20,21)/b11-9-/t14-,15-/m0/s1. The highest BCUT2D eigenvalue weighted by molar-refractivity contribution is 5.92. The molecule has 0 aliphatic heterocycles. The van der Waals surface area contributed by atoms with E-state index in [4.69, 9.17) is 9.47 Å². The molecule has 2 atom stereocenters. The molecule has 23 heavy (non-hydrogen) atoms. The largest absolute Gasteiger partial charge is 0.493 e. The summed E-state index contributed by atoms with van der Waals surface area (Å²) in [5.41, 5.74) is 0.893. The molecule has 0 saturated heterocycles. The number of benzene rings is 1. The van der Waals surface area contributed by atoms with Gasteiger partial charge >= 0.3 is 0 Å². The van der Waals surface area contributed by atoms with E-state index >= 15 is 0 Å². The second-order valence-electron chi connectivity index (χ2n) is 6.09. The van der Waals surface area contributed by atoms with Gasteiger partial charge in [-0.2, -0.15) is 0 Å². The van der Waals surface area contributed by atoms with Crippen LogP contribution in [0.1, 0.15) is 46.6 Å². The van der Waals surface area contributed by atoms with Gasteiger partial charge in [0.1, 0.15) is 0 Å². The second kappa shape index (κ2) is 9.23. The Bertz CT molecular complexity index is 537. The maximum Gasteiger partial charge on any atom is 0.244 e. The lowest BCUT2D eigenvalue weighted by Gasteiger charge is -2.18. The van der Waals surface area contributed by atoms with Crippen LogP contribution in [0.25, 0.3) is 6.08 Å². The van der Waals surface area contributed by atoms with Gasteiger partial charge in [0.2, 0.25) is 5.91 Å². The predicted molar refractivity (Wildman–Crippen MR) is 94.9 cm³/mol. The minimum absolute atomic E-state index is 0.0816. The van der Waals surface area contributed by atoms with Crippen LogP contribution in [0.3, 0.4) is 0 Å². The number of amides is 1. The van der Waals surface area contributed by atoms with E-state index in [9.17, 15) is 4.79 Å².